The van der Waals surface area contributed by atoms with E-state index < -0.39 is 0 Å². The summed E-state index contributed by atoms with van der Waals surface area (Å²) in [6.45, 7) is 0.550. The van der Waals surface area contributed by atoms with Crippen LogP contribution in [0.25, 0.3) is 0 Å². The molecule has 1 aliphatic rings. The monoisotopic (exact) mass is 225 g/mol. The zero-order valence-electron chi connectivity index (χ0n) is 8.92. The fraction of sp³-hybridized carbons (Fsp3) is 0.500. The van der Waals surface area contributed by atoms with Crippen molar-refractivity contribution in [2.75, 3.05) is 13.7 Å². The van der Waals surface area contributed by atoms with E-state index in [0.717, 1.165) is 24.3 Å². The van der Waals surface area contributed by atoms with Crippen LogP contribution in [-0.2, 0) is 17.6 Å². The molecule has 3 heteroatoms. The number of rotatable bonds is 2. The number of nitrogens with two attached hydrogens (primary N) is 1. The minimum Gasteiger partial charge on any atom is -0.377 e. The molecule has 15 heavy (non-hydrogen) atoms. The van der Waals surface area contributed by atoms with E-state index in [4.69, 9.17) is 22.1 Å². The lowest BCUT2D eigenvalue weighted by Crippen LogP contribution is -2.44. The summed E-state index contributed by atoms with van der Waals surface area (Å²) in [7, 11) is 1.73. The Hall–Kier alpha value is -0.570. The van der Waals surface area contributed by atoms with Gasteiger partial charge in [-0.15, -0.1) is 0 Å². The van der Waals surface area contributed by atoms with Crippen molar-refractivity contribution in [2.24, 2.45) is 5.73 Å². The summed E-state index contributed by atoms with van der Waals surface area (Å²) in [5.74, 6) is 0. The van der Waals surface area contributed by atoms with Gasteiger partial charge in [-0.05, 0) is 30.0 Å². The third-order valence-electron chi connectivity index (χ3n) is 3.37. The topological polar surface area (TPSA) is 35.2 Å². The van der Waals surface area contributed by atoms with Gasteiger partial charge in [0.1, 0.15) is 0 Å². The average molecular weight is 226 g/mol. The lowest BCUT2D eigenvalue weighted by Gasteiger charge is -2.36. The van der Waals surface area contributed by atoms with E-state index in [0.29, 0.717) is 6.54 Å². The maximum Gasteiger partial charge on any atom is 0.0844 e. The summed E-state index contributed by atoms with van der Waals surface area (Å²) < 4.78 is 5.56. The van der Waals surface area contributed by atoms with Gasteiger partial charge in [0.25, 0.3) is 0 Å². The number of methoxy groups -OCH3 is 1. The molecule has 1 atom stereocenters. The second-order valence-corrected chi connectivity index (χ2v) is 4.55. The Labute approximate surface area is 95.4 Å². The van der Waals surface area contributed by atoms with Crippen molar-refractivity contribution in [1.82, 2.24) is 0 Å². The lowest BCUT2D eigenvalue weighted by atomic mass is 9.80. The second-order valence-electron chi connectivity index (χ2n) is 4.15. The van der Waals surface area contributed by atoms with Crippen LogP contribution in [0, 0.1) is 0 Å². The molecule has 1 aromatic rings. The fourth-order valence-electron chi connectivity index (χ4n) is 2.24. The minimum atomic E-state index is -0.210. The fourth-order valence-corrected chi connectivity index (χ4v) is 2.50. The SMILES string of the molecule is COC1(CN)CCc2cccc(Cl)c2C1. The maximum atomic E-state index is 6.19. The highest BCUT2D eigenvalue weighted by molar-refractivity contribution is 6.31. The molecule has 0 fully saturated rings. The van der Waals surface area contributed by atoms with Crippen LogP contribution in [0.3, 0.4) is 0 Å². The first-order chi connectivity index (χ1) is 7.21. The smallest absolute Gasteiger partial charge is 0.0844 e. The van der Waals surface area contributed by atoms with Crippen LogP contribution in [0.1, 0.15) is 17.5 Å². The molecule has 2 nitrogen and oxygen atoms in total. The van der Waals surface area contributed by atoms with E-state index in [-0.39, 0.29) is 5.60 Å². The summed E-state index contributed by atoms with van der Waals surface area (Å²) in [4.78, 5) is 0. The summed E-state index contributed by atoms with van der Waals surface area (Å²) in [6, 6.07) is 6.07. The highest BCUT2D eigenvalue weighted by atomic mass is 35.5. The number of hydrogen-bond acceptors (Lipinski definition) is 2. The lowest BCUT2D eigenvalue weighted by molar-refractivity contribution is -0.0134. The molecule has 0 amide bonds. The molecule has 0 aromatic heterocycles. The molecule has 0 saturated carbocycles. The van der Waals surface area contributed by atoms with E-state index in [2.05, 4.69) is 6.07 Å². The molecular weight excluding hydrogens is 210 g/mol. The molecule has 0 saturated heterocycles. The number of hydrogen-bond donors (Lipinski definition) is 1. The minimum absolute atomic E-state index is 0.210. The van der Waals surface area contributed by atoms with Gasteiger partial charge in [-0.1, -0.05) is 23.7 Å². The van der Waals surface area contributed by atoms with E-state index >= 15 is 0 Å². The van der Waals surface area contributed by atoms with Crippen LogP contribution in [0.2, 0.25) is 5.02 Å². The largest absolute Gasteiger partial charge is 0.377 e. The number of ether oxygens (including phenoxy) is 1. The van der Waals surface area contributed by atoms with E-state index in [9.17, 15) is 0 Å². The van der Waals surface area contributed by atoms with Gasteiger partial charge >= 0.3 is 0 Å². The molecule has 0 aliphatic heterocycles. The van der Waals surface area contributed by atoms with Crippen LogP contribution in [0.5, 0.6) is 0 Å². The number of benzene rings is 1. The summed E-state index contributed by atoms with van der Waals surface area (Å²) in [5.41, 5.74) is 8.12. The quantitative estimate of drug-likeness (QED) is 0.838. The first kappa shape index (κ1) is 10.9. The van der Waals surface area contributed by atoms with Gasteiger partial charge in [-0.25, -0.2) is 0 Å². The van der Waals surface area contributed by atoms with Crippen molar-refractivity contribution in [2.45, 2.75) is 24.9 Å². The first-order valence-corrected chi connectivity index (χ1v) is 5.60. The van der Waals surface area contributed by atoms with Crippen molar-refractivity contribution in [1.29, 1.82) is 0 Å². The van der Waals surface area contributed by atoms with Crippen molar-refractivity contribution >= 4 is 11.6 Å². The van der Waals surface area contributed by atoms with Gasteiger partial charge in [-0.2, -0.15) is 0 Å². The van der Waals surface area contributed by atoms with Gasteiger partial charge < -0.3 is 10.5 Å². The number of aryl methyl sites for hydroxylation is 1. The third-order valence-corrected chi connectivity index (χ3v) is 3.72. The summed E-state index contributed by atoms with van der Waals surface area (Å²) >= 11 is 6.19. The van der Waals surface area contributed by atoms with E-state index in [1.807, 2.05) is 12.1 Å². The zero-order valence-corrected chi connectivity index (χ0v) is 9.68. The van der Waals surface area contributed by atoms with Gasteiger partial charge in [0.05, 0.1) is 5.60 Å². The molecule has 1 unspecified atom stereocenters. The Balaban J connectivity index is 2.36. The van der Waals surface area contributed by atoms with Crippen LogP contribution in [0.4, 0.5) is 0 Å². The molecule has 0 radical (unpaired) electrons. The van der Waals surface area contributed by atoms with Crippen molar-refractivity contribution in [3.63, 3.8) is 0 Å². The standard InChI is InChI=1S/C12H16ClNO/c1-15-12(8-14)6-5-9-3-2-4-11(13)10(9)7-12/h2-4H,5-8,14H2,1H3. The van der Waals surface area contributed by atoms with Crippen LogP contribution in [-0.4, -0.2) is 19.3 Å². The van der Waals surface area contributed by atoms with Gasteiger partial charge in [-0.3, -0.25) is 0 Å². The molecule has 1 aliphatic carbocycles. The average Bonchev–Trinajstić information content (AvgIpc) is 2.29. The van der Waals surface area contributed by atoms with Crippen LogP contribution >= 0.6 is 11.6 Å². The third kappa shape index (κ3) is 1.89. The molecule has 2 N–H and O–H groups in total. The Bertz CT molecular complexity index is 361. The van der Waals surface area contributed by atoms with Gasteiger partial charge in [0.2, 0.25) is 0 Å². The number of halogens is 1. The summed E-state index contributed by atoms with van der Waals surface area (Å²) in [5, 5.41) is 0.835. The molecular formula is C12H16ClNO. The van der Waals surface area contributed by atoms with Crippen molar-refractivity contribution in [3.05, 3.63) is 34.3 Å². The van der Waals surface area contributed by atoms with Crippen molar-refractivity contribution in [3.8, 4) is 0 Å². The summed E-state index contributed by atoms with van der Waals surface area (Å²) in [6.07, 6.45) is 2.81. The molecule has 0 heterocycles. The van der Waals surface area contributed by atoms with E-state index in [1.54, 1.807) is 7.11 Å². The zero-order chi connectivity index (χ0) is 10.9. The van der Waals surface area contributed by atoms with Crippen molar-refractivity contribution < 1.29 is 4.74 Å². The van der Waals surface area contributed by atoms with Gasteiger partial charge in [0, 0.05) is 25.1 Å². The Morgan fingerprint density at radius 3 is 3.00 bits per heavy atom. The highest BCUT2D eigenvalue weighted by Crippen LogP contribution is 2.34. The molecule has 1 aromatic carbocycles. The van der Waals surface area contributed by atoms with Crippen LogP contribution < -0.4 is 5.73 Å². The van der Waals surface area contributed by atoms with E-state index in [1.165, 1.54) is 11.1 Å². The Morgan fingerprint density at radius 1 is 1.53 bits per heavy atom. The number of fused-ring (bicyclic) bond motifs is 1. The van der Waals surface area contributed by atoms with Crippen LogP contribution in [0.15, 0.2) is 18.2 Å². The highest BCUT2D eigenvalue weighted by Gasteiger charge is 2.33. The molecule has 82 valence electrons. The van der Waals surface area contributed by atoms with Gasteiger partial charge in [0.15, 0.2) is 0 Å². The molecule has 0 bridgehead atoms. The predicted molar refractivity (Wildman–Crippen MR) is 62.3 cm³/mol. The maximum absolute atomic E-state index is 6.19. The predicted octanol–water partition coefficient (Wildman–Crippen LogP) is 2.17. The first-order valence-electron chi connectivity index (χ1n) is 5.22. The Kier molecular flexibility index (Phi) is 3.01. The normalized spacial score (nSPS) is 25.0. The second kappa shape index (κ2) is 4.12. The molecule has 2 rings (SSSR count). The molecule has 0 spiro atoms. The Morgan fingerprint density at radius 2 is 2.33 bits per heavy atom.